The van der Waals surface area contributed by atoms with Crippen LogP contribution in [0.4, 0.5) is 0 Å². The van der Waals surface area contributed by atoms with Crippen molar-refractivity contribution in [3.8, 4) is 5.75 Å². The van der Waals surface area contributed by atoms with Crippen molar-refractivity contribution in [2.75, 3.05) is 0 Å². The summed E-state index contributed by atoms with van der Waals surface area (Å²) in [5.74, 6) is 1.44. The molecule has 3 nitrogen and oxygen atoms in total. The molecule has 0 radical (unpaired) electrons. The van der Waals surface area contributed by atoms with E-state index in [1.165, 1.54) is 31.2 Å². The fourth-order valence-corrected chi connectivity index (χ4v) is 5.54. The zero-order chi connectivity index (χ0) is 20.3. The largest absolute Gasteiger partial charge is 0.508 e. The number of unbranched alkanes of at least 4 members (excludes halogenated alkanes) is 3. The van der Waals surface area contributed by atoms with Crippen molar-refractivity contribution in [3.63, 3.8) is 0 Å². The number of aliphatic hydroxyl groups is 1. The van der Waals surface area contributed by atoms with Gasteiger partial charge in [0, 0.05) is 12.8 Å². The summed E-state index contributed by atoms with van der Waals surface area (Å²) in [6.45, 7) is 6.75. The van der Waals surface area contributed by atoms with Crippen LogP contribution >= 0.6 is 0 Å². The molecule has 2 saturated carbocycles. The Hall–Kier alpha value is -1.35. The van der Waals surface area contributed by atoms with Crippen molar-refractivity contribution in [1.29, 1.82) is 0 Å². The number of hydrogen-bond donors (Lipinski definition) is 2. The van der Waals surface area contributed by atoms with E-state index < -0.39 is 0 Å². The van der Waals surface area contributed by atoms with E-state index in [4.69, 9.17) is 0 Å². The molecule has 3 rings (SSSR count). The number of ketones is 1. The van der Waals surface area contributed by atoms with E-state index >= 15 is 0 Å². The molecule has 4 atom stereocenters. The molecule has 2 aliphatic carbocycles. The van der Waals surface area contributed by atoms with Crippen molar-refractivity contribution >= 4 is 5.78 Å². The molecule has 1 aromatic rings. The number of carbonyl (C=O) groups excluding carboxylic acids is 1. The maximum absolute atomic E-state index is 12.1. The van der Waals surface area contributed by atoms with Gasteiger partial charge in [-0.05, 0) is 66.0 Å². The Morgan fingerprint density at radius 1 is 1.14 bits per heavy atom. The van der Waals surface area contributed by atoms with Gasteiger partial charge >= 0.3 is 0 Å². The number of rotatable bonds is 7. The molecule has 28 heavy (non-hydrogen) atoms. The predicted octanol–water partition coefficient (Wildman–Crippen LogP) is 5.86. The lowest BCUT2D eigenvalue weighted by Crippen LogP contribution is -2.38. The normalized spacial score (nSPS) is 28.2. The van der Waals surface area contributed by atoms with Crippen LogP contribution in [-0.4, -0.2) is 22.1 Å². The molecule has 0 aliphatic heterocycles. The maximum Gasteiger partial charge on any atom is 0.133 e. The molecule has 3 heteroatoms. The van der Waals surface area contributed by atoms with Gasteiger partial charge in [0.1, 0.15) is 11.5 Å². The molecular weight excluding hydrogens is 348 g/mol. The number of aliphatic hydroxyl groups excluding tert-OH is 1. The zero-order valence-corrected chi connectivity index (χ0v) is 17.9. The number of phenols is 1. The lowest BCUT2D eigenvalue weighted by atomic mass is 9.62. The minimum atomic E-state index is -0.325. The van der Waals surface area contributed by atoms with Crippen LogP contribution in [0.25, 0.3) is 0 Å². The molecule has 0 amide bonds. The van der Waals surface area contributed by atoms with E-state index in [0.29, 0.717) is 36.7 Å². The first-order valence-corrected chi connectivity index (χ1v) is 11.3. The Kier molecular flexibility index (Phi) is 6.85. The zero-order valence-electron chi connectivity index (χ0n) is 17.9. The van der Waals surface area contributed by atoms with Crippen molar-refractivity contribution < 1.29 is 15.0 Å². The lowest BCUT2D eigenvalue weighted by Gasteiger charge is -2.43. The average Bonchev–Trinajstić information content (AvgIpc) is 2.65. The monoisotopic (exact) mass is 386 g/mol. The Morgan fingerprint density at radius 2 is 1.93 bits per heavy atom. The van der Waals surface area contributed by atoms with Crippen LogP contribution in [0.5, 0.6) is 5.75 Å². The highest BCUT2D eigenvalue weighted by Crippen LogP contribution is 2.49. The number of carbonyl (C=O) groups is 1. The fourth-order valence-electron chi connectivity index (χ4n) is 5.54. The number of phenolic OH excluding ortho intramolecular Hbond substituents is 1. The molecule has 0 saturated heterocycles. The van der Waals surface area contributed by atoms with Crippen LogP contribution in [0.3, 0.4) is 0 Å². The van der Waals surface area contributed by atoms with Gasteiger partial charge in [-0.15, -0.1) is 0 Å². The quantitative estimate of drug-likeness (QED) is 0.577. The van der Waals surface area contributed by atoms with Crippen molar-refractivity contribution in [3.05, 3.63) is 29.3 Å². The fraction of sp³-hybridized carbons (Fsp3) is 0.720. The Labute approximate surface area is 170 Å². The number of benzene rings is 1. The topological polar surface area (TPSA) is 57.5 Å². The standard InChI is InChI=1S/C25H38O3/c1-4-5-6-7-12-25(2,3)18-9-11-21(24(28)14-18)23-16-20(27)13-17-8-10-19(26)15-22(17)23/h9,11,14,17,20,22-23,27-28H,4-8,10,12-13,15-16H2,1-3H3. The van der Waals surface area contributed by atoms with Gasteiger partial charge in [-0.1, -0.05) is 58.6 Å². The van der Waals surface area contributed by atoms with Crippen molar-refractivity contribution in [2.45, 2.75) is 102 Å². The second-order valence-electron chi connectivity index (χ2n) is 9.91. The summed E-state index contributed by atoms with van der Waals surface area (Å²) in [6, 6.07) is 6.17. The van der Waals surface area contributed by atoms with Crippen LogP contribution in [0.2, 0.25) is 0 Å². The third-order valence-corrected chi connectivity index (χ3v) is 7.35. The summed E-state index contributed by atoms with van der Waals surface area (Å²) >= 11 is 0. The van der Waals surface area contributed by atoms with Gasteiger partial charge in [0.25, 0.3) is 0 Å². The molecule has 2 aliphatic rings. The summed E-state index contributed by atoms with van der Waals surface area (Å²) in [4.78, 5) is 12.1. The van der Waals surface area contributed by atoms with Gasteiger partial charge in [0.15, 0.2) is 0 Å². The van der Waals surface area contributed by atoms with Crippen molar-refractivity contribution in [2.24, 2.45) is 11.8 Å². The van der Waals surface area contributed by atoms with Gasteiger partial charge in [-0.25, -0.2) is 0 Å². The third-order valence-electron chi connectivity index (χ3n) is 7.35. The molecule has 2 fully saturated rings. The summed E-state index contributed by atoms with van der Waals surface area (Å²) < 4.78 is 0. The number of aromatic hydroxyl groups is 1. The van der Waals surface area contributed by atoms with Crippen LogP contribution in [-0.2, 0) is 10.2 Å². The number of hydrogen-bond acceptors (Lipinski definition) is 3. The summed E-state index contributed by atoms with van der Waals surface area (Å²) in [7, 11) is 0. The van der Waals surface area contributed by atoms with E-state index in [1.807, 2.05) is 6.07 Å². The van der Waals surface area contributed by atoms with Crippen LogP contribution in [0.15, 0.2) is 18.2 Å². The van der Waals surface area contributed by atoms with E-state index in [1.54, 1.807) is 0 Å². The highest BCUT2D eigenvalue weighted by Gasteiger charge is 2.42. The van der Waals surface area contributed by atoms with Crippen LogP contribution in [0.1, 0.15) is 102 Å². The first kappa shape index (κ1) is 21.4. The van der Waals surface area contributed by atoms with Gasteiger partial charge in [0.05, 0.1) is 6.10 Å². The predicted molar refractivity (Wildman–Crippen MR) is 114 cm³/mol. The second-order valence-corrected chi connectivity index (χ2v) is 9.91. The van der Waals surface area contributed by atoms with Gasteiger partial charge in [-0.3, -0.25) is 4.79 Å². The van der Waals surface area contributed by atoms with Crippen LogP contribution in [0, 0.1) is 11.8 Å². The minimum absolute atomic E-state index is 0.0408. The highest BCUT2D eigenvalue weighted by molar-refractivity contribution is 5.79. The summed E-state index contributed by atoms with van der Waals surface area (Å²) in [5, 5.41) is 21.3. The summed E-state index contributed by atoms with van der Waals surface area (Å²) in [6.07, 6.45) is 9.40. The second kappa shape index (κ2) is 8.98. The van der Waals surface area contributed by atoms with E-state index in [0.717, 1.165) is 24.8 Å². The molecule has 0 bridgehead atoms. The molecule has 1 aromatic carbocycles. The smallest absolute Gasteiger partial charge is 0.133 e. The molecular formula is C25H38O3. The van der Waals surface area contributed by atoms with Gasteiger partial charge in [-0.2, -0.15) is 0 Å². The van der Waals surface area contributed by atoms with E-state index in [9.17, 15) is 15.0 Å². The molecule has 0 spiro atoms. The van der Waals surface area contributed by atoms with Gasteiger partial charge < -0.3 is 10.2 Å². The lowest BCUT2D eigenvalue weighted by molar-refractivity contribution is -0.124. The number of fused-ring (bicyclic) bond motifs is 1. The van der Waals surface area contributed by atoms with E-state index in [2.05, 4.69) is 32.9 Å². The molecule has 156 valence electrons. The first-order chi connectivity index (χ1) is 13.3. The van der Waals surface area contributed by atoms with E-state index in [-0.39, 0.29) is 23.4 Å². The maximum atomic E-state index is 12.1. The molecule has 4 unspecified atom stereocenters. The highest BCUT2D eigenvalue weighted by atomic mass is 16.3. The number of Topliss-reactive ketones (excluding diaryl/α,β-unsaturated/α-hetero) is 1. The first-order valence-electron chi connectivity index (χ1n) is 11.3. The minimum Gasteiger partial charge on any atom is -0.508 e. The molecule has 2 N–H and O–H groups in total. The molecule has 0 aromatic heterocycles. The Bertz CT molecular complexity index is 678. The van der Waals surface area contributed by atoms with Gasteiger partial charge in [0.2, 0.25) is 0 Å². The van der Waals surface area contributed by atoms with Crippen LogP contribution < -0.4 is 0 Å². The Morgan fingerprint density at radius 3 is 2.64 bits per heavy atom. The third kappa shape index (κ3) is 4.79. The average molecular weight is 387 g/mol. The SMILES string of the molecule is CCCCCCC(C)(C)c1ccc(C2CC(O)CC3CCC(=O)CC32)c(O)c1. The molecule has 0 heterocycles. The van der Waals surface area contributed by atoms with Crippen molar-refractivity contribution in [1.82, 2.24) is 0 Å². The Balaban J connectivity index is 1.78. The summed E-state index contributed by atoms with van der Waals surface area (Å²) in [5.41, 5.74) is 2.14.